The smallest absolute Gasteiger partial charge is 0.273 e. The standard InChI is InChI=1S/C22H22N4O4/c1-22(2,3)25-20(14-5-9-15(10-6-14)26(28)29)17-18(23-24-19(17)21(25)27)13-7-11-16(30-4)12-8-13/h5-12,20H,1-4H3,(H,23,24). The number of benzene rings is 2. The number of ether oxygens (including phenoxy) is 1. The highest BCUT2D eigenvalue weighted by Crippen LogP contribution is 2.46. The Balaban J connectivity index is 1.88. The van der Waals surface area contributed by atoms with Crippen molar-refractivity contribution in [3.05, 3.63) is 75.5 Å². The molecule has 0 spiro atoms. The van der Waals surface area contributed by atoms with Crippen LogP contribution in [0.1, 0.15) is 48.4 Å². The predicted molar refractivity (Wildman–Crippen MR) is 111 cm³/mol. The van der Waals surface area contributed by atoms with Gasteiger partial charge in [0.2, 0.25) is 0 Å². The molecular weight excluding hydrogens is 384 g/mol. The third kappa shape index (κ3) is 3.10. The number of non-ortho nitro benzene ring substituents is 1. The van der Waals surface area contributed by atoms with Crippen LogP contribution in [0.4, 0.5) is 5.69 Å². The lowest BCUT2D eigenvalue weighted by atomic mass is 9.93. The minimum Gasteiger partial charge on any atom is -0.497 e. The van der Waals surface area contributed by atoms with E-state index >= 15 is 0 Å². The van der Waals surface area contributed by atoms with Crippen molar-refractivity contribution in [3.63, 3.8) is 0 Å². The first kappa shape index (κ1) is 19.6. The lowest BCUT2D eigenvalue weighted by Gasteiger charge is -2.37. The van der Waals surface area contributed by atoms with Gasteiger partial charge in [0.25, 0.3) is 11.6 Å². The number of methoxy groups -OCH3 is 1. The zero-order valence-corrected chi connectivity index (χ0v) is 17.2. The van der Waals surface area contributed by atoms with Gasteiger partial charge in [0, 0.05) is 28.8 Å². The topological polar surface area (TPSA) is 101 Å². The zero-order valence-electron chi connectivity index (χ0n) is 17.2. The molecule has 8 heteroatoms. The predicted octanol–water partition coefficient (Wildman–Crippen LogP) is 4.34. The Morgan fingerprint density at radius 1 is 1.10 bits per heavy atom. The fourth-order valence-corrected chi connectivity index (χ4v) is 3.90. The molecule has 0 radical (unpaired) electrons. The normalized spacial score (nSPS) is 15.9. The Hall–Kier alpha value is -3.68. The van der Waals surface area contributed by atoms with Crippen molar-refractivity contribution in [1.29, 1.82) is 0 Å². The highest BCUT2D eigenvalue weighted by Gasteiger charge is 2.46. The van der Waals surface area contributed by atoms with Crippen molar-refractivity contribution in [3.8, 4) is 17.0 Å². The summed E-state index contributed by atoms with van der Waals surface area (Å²) in [6.45, 7) is 5.90. The maximum atomic E-state index is 13.3. The molecule has 154 valence electrons. The molecule has 2 heterocycles. The molecule has 3 aromatic rings. The number of hydrogen-bond donors (Lipinski definition) is 1. The third-order valence-electron chi connectivity index (χ3n) is 5.27. The molecule has 1 aromatic heterocycles. The third-order valence-corrected chi connectivity index (χ3v) is 5.27. The number of nitrogens with zero attached hydrogens (tertiary/aromatic N) is 3. The Bertz CT molecular complexity index is 1110. The fourth-order valence-electron chi connectivity index (χ4n) is 3.90. The molecule has 1 aliphatic rings. The number of rotatable bonds is 4. The van der Waals surface area contributed by atoms with Crippen LogP contribution in [0.2, 0.25) is 0 Å². The summed E-state index contributed by atoms with van der Waals surface area (Å²) < 4.78 is 5.23. The lowest BCUT2D eigenvalue weighted by molar-refractivity contribution is -0.384. The highest BCUT2D eigenvalue weighted by molar-refractivity contribution is 6.00. The molecule has 1 N–H and O–H groups in total. The second-order valence-corrected chi connectivity index (χ2v) is 8.19. The summed E-state index contributed by atoms with van der Waals surface area (Å²) in [6, 6.07) is 13.4. The van der Waals surface area contributed by atoms with Gasteiger partial charge in [-0.15, -0.1) is 0 Å². The Morgan fingerprint density at radius 3 is 2.27 bits per heavy atom. The number of amides is 1. The number of hydrogen-bond acceptors (Lipinski definition) is 5. The molecule has 0 aliphatic carbocycles. The van der Waals surface area contributed by atoms with E-state index in [9.17, 15) is 14.9 Å². The van der Waals surface area contributed by atoms with Crippen LogP contribution in [0.15, 0.2) is 48.5 Å². The van der Waals surface area contributed by atoms with Gasteiger partial charge in [0.1, 0.15) is 11.4 Å². The number of nitrogens with one attached hydrogen (secondary N) is 1. The number of aromatic nitrogens is 2. The van der Waals surface area contributed by atoms with E-state index in [2.05, 4.69) is 10.2 Å². The number of carbonyl (C=O) groups excluding carboxylic acids is 1. The first-order valence-electron chi connectivity index (χ1n) is 9.53. The van der Waals surface area contributed by atoms with Crippen LogP contribution in [0.25, 0.3) is 11.3 Å². The molecule has 0 saturated heterocycles. The van der Waals surface area contributed by atoms with E-state index in [-0.39, 0.29) is 11.6 Å². The van der Waals surface area contributed by atoms with Gasteiger partial charge >= 0.3 is 0 Å². The van der Waals surface area contributed by atoms with E-state index in [0.29, 0.717) is 11.4 Å². The molecule has 1 atom stereocenters. The van der Waals surface area contributed by atoms with Gasteiger partial charge in [0.15, 0.2) is 0 Å². The van der Waals surface area contributed by atoms with E-state index in [1.54, 1.807) is 24.1 Å². The van der Waals surface area contributed by atoms with E-state index in [0.717, 1.165) is 22.4 Å². The first-order chi connectivity index (χ1) is 14.2. The molecule has 1 aliphatic heterocycles. The number of aromatic amines is 1. The number of nitro groups is 1. The molecular formula is C22H22N4O4. The minimum atomic E-state index is -0.472. The zero-order chi connectivity index (χ0) is 21.6. The van der Waals surface area contributed by atoms with Crippen molar-refractivity contribution in [2.75, 3.05) is 7.11 Å². The van der Waals surface area contributed by atoms with Gasteiger partial charge in [-0.25, -0.2) is 0 Å². The van der Waals surface area contributed by atoms with Gasteiger partial charge in [-0.2, -0.15) is 5.10 Å². The molecule has 0 fully saturated rings. The molecule has 8 nitrogen and oxygen atoms in total. The average Bonchev–Trinajstić information content (AvgIpc) is 3.27. The van der Waals surface area contributed by atoms with Crippen molar-refractivity contribution in [2.24, 2.45) is 0 Å². The van der Waals surface area contributed by atoms with E-state index < -0.39 is 16.5 Å². The molecule has 0 bridgehead atoms. The second-order valence-electron chi connectivity index (χ2n) is 8.19. The molecule has 2 aromatic carbocycles. The van der Waals surface area contributed by atoms with E-state index in [1.807, 2.05) is 45.0 Å². The summed E-state index contributed by atoms with van der Waals surface area (Å²) >= 11 is 0. The van der Waals surface area contributed by atoms with Crippen LogP contribution >= 0.6 is 0 Å². The highest BCUT2D eigenvalue weighted by atomic mass is 16.6. The fraction of sp³-hybridized carbons (Fsp3) is 0.273. The van der Waals surface area contributed by atoms with Crippen LogP contribution in [0.3, 0.4) is 0 Å². The Morgan fingerprint density at radius 2 is 1.73 bits per heavy atom. The van der Waals surface area contributed by atoms with Crippen molar-refractivity contribution in [1.82, 2.24) is 15.1 Å². The lowest BCUT2D eigenvalue weighted by Crippen LogP contribution is -2.44. The second kappa shape index (κ2) is 6.98. The number of H-pyrrole nitrogens is 1. The SMILES string of the molecule is COc1ccc(-c2n[nH]c3c2C(c2ccc([N+](=O)[O-])cc2)N(C(C)(C)C)C3=O)cc1. The van der Waals surface area contributed by atoms with Crippen molar-refractivity contribution >= 4 is 11.6 Å². The van der Waals surface area contributed by atoms with Gasteiger partial charge in [-0.1, -0.05) is 0 Å². The summed E-state index contributed by atoms with van der Waals surface area (Å²) in [5.74, 6) is 0.582. The van der Waals surface area contributed by atoms with Crippen LogP contribution in [-0.2, 0) is 0 Å². The van der Waals surface area contributed by atoms with Gasteiger partial charge in [0.05, 0.1) is 23.8 Å². The van der Waals surface area contributed by atoms with Crippen LogP contribution < -0.4 is 4.74 Å². The Labute approximate surface area is 173 Å². The van der Waals surface area contributed by atoms with Gasteiger partial charge in [-0.05, 0) is 62.7 Å². The molecule has 0 saturated carbocycles. The minimum absolute atomic E-state index is 0.00757. The summed E-state index contributed by atoms with van der Waals surface area (Å²) in [7, 11) is 1.60. The quantitative estimate of drug-likeness (QED) is 0.513. The van der Waals surface area contributed by atoms with E-state index in [1.165, 1.54) is 12.1 Å². The van der Waals surface area contributed by atoms with Crippen LogP contribution in [-0.4, -0.2) is 38.6 Å². The largest absolute Gasteiger partial charge is 0.497 e. The maximum Gasteiger partial charge on any atom is 0.273 e. The van der Waals surface area contributed by atoms with Crippen molar-refractivity contribution in [2.45, 2.75) is 32.4 Å². The summed E-state index contributed by atoms with van der Waals surface area (Å²) in [6.07, 6.45) is 0. The number of nitro benzene ring substituents is 1. The number of fused-ring (bicyclic) bond motifs is 1. The van der Waals surface area contributed by atoms with Gasteiger partial charge < -0.3 is 9.64 Å². The average molecular weight is 406 g/mol. The van der Waals surface area contributed by atoms with Crippen LogP contribution in [0.5, 0.6) is 5.75 Å². The van der Waals surface area contributed by atoms with Gasteiger partial charge in [-0.3, -0.25) is 20.0 Å². The van der Waals surface area contributed by atoms with E-state index in [4.69, 9.17) is 4.74 Å². The summed E-state index contributed by atoms with van der Waals surface area (Å²) in [4.78, 5) is 25.7. The summed E-state index contributed by atoms with van der Waals surface area (Å²) in [5.41, 5.74) is 3.07. The number of carbonyl (C=O) groups is 1. The Kier molecular flexibility index (Phi) is 4.57. The molecule has 1 amide bonds. The molecule has 30 heavy (non-hydrogen) atoms. The molecule has 1 unspecified atom stereocenters. The first-order valence-corrected chi connectivity index (χ1v) is 9.53. The monoisotopic (exact) mass is 406 g/mol. The maximum absolute atomic E-state index is 13.3. The van der Waals surface area contributed by atoms with Crippen LogP contribution in [0, 0.1) is 10.1 Å². The van der Waals surface area contributed by atoms with Crippen molar-refractivity contribution < 1.29 is 14.5 Å². The molecule has 4 rings (SSSR count). The summed E-state index contributed by atoms with van der Waals surface area (Å²) in [5, 5.41) is 18.4.